The molecule has 0 heterocycles. The van der Waals surface area contributed by atoms with Crippen molar-refractivity contribution in [2.75, 3.05) is 13.7 Å². The Labute approximate surface area is 91.4 Å². The van der Waals surface area contributed by atoms with Gasteiger partial charge in [0.05, 0.1) is 12.2 Å². The lowest BCUT2D eigenvalue weighted by Gasteiger charge is -2.22. The van der Waals surface area contributed by atoms with Crippen molar-refractivity contribution in [3.63, 3.8) is 0 Å². The molecular weight excluding hydrogens is 194 g/mol. The molecule has 2 N–H and O–H groups in total. The molecule has 0 spiro atoms. The van der Waals surface area contributed by atoms with Gasteiger partial charge in [0.2, 0.25) is 0 Å². The van der Waals surface area contributed by atoms with Crippen LogP contribution in [0.25, 0.3) is 0 Å². The quantitative estimate of drug-likeness (QED) is 0.513. The third kappa shape index (κ3) is 6.25. The van der Waals surface area contributed by atoms with E-state index in [1.807, 2.05) is 13.8 Å². The van der Waals surface area contributed by atoms with Gasteiger partial charge < -0.3 is 15.2 Å². The van der Waals surface area contributed by atoms with E-state index in [1.165, 1.54) is 0 Å². The van der Waals surface area contributed by atoms with Gasteiger partial charge in [0.15, 0.2) is 0 Å². The zero-order chi connectivity index (χ0) is 11.9. The summed E-state index contributed by atoms with van der Waals surface area (Å²) in [6.45, 7) is 7.70. The molecular formula is C11H21NO3. The molecule has 0 aromatic heterocycles. The summed E-state index contributed by atoms with van der Waals surface area (Å²) in [4.78, 5) is 11.3. The third-order valence-corrected chi connectivity index (χ3v) is 2.22. The van der Waals surface area contributed by atoms with Gasteiger partial charge in [-0.15, -0.1) is 6.58 Å². The molecule has 0 aliphatic heterocycles. The Morgan fingerprint density at radius 3 is 2.67 bits per heavy atom. The largest absolute Gasteiger partial charge is 0.464 e. The lowest BCUT2D eigenvalue weighted by Crippen LogP contribution is -2.33. The second-order valence-electron chi connectivity index (χ2n) is 4.01. The molecule has 0 aromatic rings. The summed E-state index contributed by atoms with van der Waals surface area (Å²) in [6.07, 6.45) is 2.69. The van der Waals surface area contributed by atoms with E-state index in [0.29, 0.717) is 19.4 Å². The van der Waals surface area contributed by atoms with E-state index >= 15 is 0 Å². The van der Waals surface area contributed by atoms with Crippen molar-refractivity contribution in [2.45, 2.75) is 38.3 Å². The van der Waals surface area contributed by atoms with E-state index in [0.717, 1.165) is 0 Å². The van der Waals surface area contributed by atoms with Crippen molar-refractivity contribution in [3.8, 4) is 0 Å². The number of ether oxygens (including phenoxy) is 2. The molecule has 0 fully saturated rings. The first kappa shape index (κ1) is 14.1. The molecule has 0 radical (unpaired) electrons. The lowest BCUT2D eigenvalue weighted by atomic mass is 10.1. The molecule has 1 atom stereocenters. The summed E-state index contributed by atoms with van der Waals surface area (Å²) in [7, 11) is 1.63. The van der Waals surface area contributed by atoms with Crippen LogP contribution in [0.2, 0.25) is 0 Å². The normalized spacial score (nSPS) is 13.3. The van der Waals surface area contributed by atoms with Crippen LogP contribution >= 0.6 is 0 Å². The highest BCUT2D eigenvalue weighted by molar-refractivity contribution is 5.75. The number of carbonyl (C=O) groups is 1. The molecule has 0 bridgehead atoms. The van der Waals surface area contributed by atoms with Crippen molar-refractivity contribution < 1.29 is 14.3 Å². The molecule has 0 rings (SSSR count). The molecule has 0 saturated heterocycles. The van der Waals surface area contributed by atoms with Crippen LogP contribution in [0, 0.1) is 0 Å². The molecule has 0 aliphatic carbocycles. The Kier molecular flexibility index (Phi) is 6.20. The fourth-order valence-corrected chi connectivity index (χ4v) is 0.882. The fraction of sp³-hybridized carbons (Fsp3) is 0.727. The molecule has 4 heteroatoms. The maximum atomic E-state index is 11.3. The smallest absolute Gasteiger partial charge is 0.323 e. The van der Waals surface area contributed by atoms with Gasteiger partial charge in [-0.3, -0.25) is 4.79 Å². The molecule has 0 aliphatic rings. The highest BCUT2D eigenvalue weighted by Crippen LogP contribution is 2.12. The van der Waals surface area contributed by atoms with Gasteiger partial charge in [-0.1, -0.05) is 6.08 Å². The minimum Gasteiger partial charge on any atom is -0.464 e. The van der Waals surface area contributed by atoms with Crippen molar-refractivity contribution in [3.05, 3.63) is 12.7 Å². The molecule has 0 amide bonds. The number of hydrogen-bond donors (Lipinski definition) is 1. The topological polar surface area (TPSA) is 61.6 Å². The Morgan fingerprint density at radius 1 is 1.60 bits per heavy atom. The molecule has 88 valence electrons. The van der Waals surface area contributed by atoms with E-state index in [4.69, 9.17) is 15.2 Å². The highest BCUT2D eigenvalue weighted by Gasteiger charge is 2.18. The second-order valence-corrected chi connectivity index (χ2v) is 4.01. The molecule has 1 unspecified atom stereocenters. The SMILES string of the molecule is C=CCC(N)C(=O)OCCC(C)(C)OC. The Morgan fingerprint density at radius 2 is 2.20 bits per heavy atom. The van der Waals surface area contributed by atoms with E-state index < -0.39 is 6.04 Å². The summed E-state index contributed by atoms with van der Waals surface area (Å²) in [6, 6.07) is -0.604. The van der Waals surface area contributed by atoms with Crippen LogP contribution in [0.4, 0.5) is 0 Å². The molecule has 4 nitrogen and oxygen atoms in total. The predicted molar refractivity (Wildman–Crippen MR) is 59.5 cm³/mol. The first-order valence-electron chi connectivity index (χ1n) is 5.01. The highest BCUT2D eigenvalue weighted by atomic mass is 16.5. The zero-order valence-corrected chi connectivity index (χ0v) is 9.79. The van der Waals surface area contributed by atoms with Gasteiger partial charge in [-0.05, 0) is 20.3 Å². The second kappa shape index (κ2) is 6.58. The lowest BCUT2D eigenvalue weighted by molar-refractivity contribution is -0.146. The van der Waals surface area contributed by atoms with Crippen LogP contribution in [-0.4, -0.2) is 31.3 Å². The van der Waals surface area contributed by atoms with Crippen LogP contribution < -0.4 is 5.73 Å². The standard InChI is InChI=1S/C11H21NO3/c1-5-6-9(12)10(13)15-8-7-11(2,3)14-4/h5,9H,1,6-8,12H2,2-4H3. The van der Waals surface area contributed by atoms with E-state index in [-0.39, 0.29) is 11.6 Å². The first-order chi connectivity index (χ1) is 6.93. The predicted octanol–water partition coefficient (Wildman–Crippen LogP) is 1.25. The average Bonchev–Trinajstić information content (AvgIpc) is 2.18. The van der Waals surface area contributed by atoms with Crippen LogP contribution in [0.3, 0.4) is 0 Å². The van der Waals surface area contributed by atoms with Crippen molar-refractivity contribution in [2.24, 2.45) is 5.73 Å². The number of hydrogen-bond acceptors (Lipinski definition) is 4. The van der Waals surface area contributed by atoms with Gasteiger partial charge in [0, 0.05) is 13.5 Å². The minimum absolute atomic E-state index is 0.275. The Hall–Kier alpha value is -0.870. The average molecular weight is 215 g/mol. The van der Waals surface area contributed by atoms with E-state index in [2.05, 4.69) is 6.58 Å². The van der Waals surface area contributed by atoms with Crippen molar-refractivity contribution in [1.29, 1.82) is 0 Å². The number of esters is 1. The van der Waals surface area contributed by atoms with Gasteiger partial charge in [0.25, 0.3) is 0 Å². The maximum Gasteiger partial charge on any atom is 0.323 e. The summed E-state index contributed by atoms with van der Waals surface area (Å²) in [5.41, 5.74) is 5.26. The Bertz CT molecular complexity index is 214. The monoisotopic (exact) mass is 215 g/mol. The van der Waals surface area contributed by atoms with Gasteiger partial charge >= 0.3 is 5.97 Å². The van der Waals surface area contributed by atoms with Crippen LogP contribution in [0.5, 0.6) is 0 Å². The molecule has 0 aromatic carbocycles. The summed E-state index contributed by atoms with van der Waals surface area (Å²) < 4.78 is 10.2. The Balaban J connectivity index is 3.77. The third-order valence-electron chi connectivity index (χ3n) is 2.22. The van der Waals surface area contributed by atoms with Crippen molar-refractivity contribution in [1.82, 2.24) is 0 Å². The summed E-state index contributed by atoms with van der Waals surface area (Å²) in [5.74, 6) is -0.387. The maximum absolute atomic E-state index is 11.3. The minimum atomic E-state index is -0.604. The van der Waals surface area contributed by atoms with Crippen LogP contribution in [0.1, 0.15) is 26.7 Å². The first-order valence-corrected chi connectivity index (χ1v) is 5.01. The number of methoxy groups -OCH3 is 1. The number of nitrogens with two attached hydrogens (primary N) is 1. The van der Waals surface area contributed by atoms with E-state index in [1.54, 1.807) is 13.2 Å². The summed E-state index contributed by atoms with van der Waals surface area (Å²) in [5, 5.41) is 0. The zero-order valence-electron chi connectivity index (χ0n) is 9.79. The fourth-order valence-electron chi connectivity index (χ4n) is 0.882. The van der Waals surface area contributed by atoms with Crippen molar-refractivity contribution >= 4 is 5.97 Å². The van der Waals surface area contributed by atoms with Gasteiger partial charge in [-0.2, -0.15) is 0 Å². The molecule has 0 saturated carbocycles. The van der Waals surface area contributed by atoms with Gasteiger partial charge in [0.1, 0.15) is 6.04 Å². The number of carbonyl (C=O) groups excluding carboxylic acids is 1. The number of rotatable bonds is 7. The van der Waals surface area contributed by atoms with Crippen LogP contribution in [-0.2, 0) is 14.3 Å². The molecule has 15 heavy (non-hydrogen) atoms. The van der Waals surface area contributed by atoms with E-state index in [9.17, 15) is 4.79 Å². The summed E-state index contributed by atoms with van der Waals surface area (Å²) >= 11 is 0. The van der Waals surface area contributed by atoms with Gasteiger partial charge in [-0.25, -0.2) is 0 Å². The van der Waals surface area contributed by atoms with Crippen LogP contribution in [0.15, 0.2) is 12.7 Å².